The molecule has 0 aliphatic carbocycles. The van der Waals surface area contributed by atoms with Crippen LogP contribution >= 0.6 is 11.6 Å². The van der Waals surface area contributed by atoms with Crippen LogP contribution in [0, 0.1) is 0 Å². The van der Waals surface area contributed by atoms with Crippen LogP contribution in [0.1, 0.15) is 18.4 Å². The van der Waals surface area contributed by atoms with Gasteiger partial charge in [-0.2, -0.15) is 0 Å². The van der Waals surface area contributed by atoms with Crippen molar-refractivity contribution < 1.29 is 9.90 Å². The van der Waals surface area contributed by atoms with Gasteiger partial charge in [0.15, 0.2) is 0 Å². The van der Waals surface area contributed by atoms with Gasteiger partial charge in [-0.05, 0) is 24.5 Å². The quantitative estimate of drug-likeness (QED) is 0.517. The fourth-order valence-corrected chi connectivity index (χ4v) is 1.56. The summed E-state index contributed by atoms with van der Waals surface area (Å²) in [6.45, 7) is 0.515. The lowest BCUT2D eigenvalue weighted by Crippen LogP contribution is -2.41. The Morgan fingerprint density at radius 1 is 1.47 bits per heavy atom. The Bertz CT molecular complexity index is 399. The number of aliphatic hydroxyl groups excluding tert-OH is 1. The molecule has 19 heavy (non-hydrogen) atoms. The van der Waals surface area contributed by atoms with Crippen molar-refractivity contribution in [2.24, 2.45) is 11.5 Å². The third-order valence-electron chi connectivity index (χ3n) is 2.68. The van der Waals surface area contributed by atoms with Crippen LogP contribution in [0.5, 0.6) is 0 Å². The molecule has 1 heterocycles. The topological polar surface area (TPSA) is 114 Å². The second-order valence-corrected chi connectivity index (χ2v) is 4.67. The number of hydrogen-bond acceptors (Lipinski definition) is 5. The first-order valence-corrected chi connectivity index (χ1v) is 6.42. The molecule has 0 spiro atoms. The smallest absolute Gasteiger partial charge is 0.237 e. The van der Waals surface area contributed by atoms with Gasteiger partial charge in [0.2, 0.25) is 5.91 Å². The highest BCUT2D eigenvalue weighted by Gasteiger charge is 2.14. The van der Waals surface area contributed by atoms with E-state index in [-0.39, 0.29) is 12.5 Å². The van der Waals surface area contributed by atoms with Crippen LogP contribution in [-0.4, -0.2) is 34.7 Å². The van der Waals surface area contributed by atoms with Gasteiger partial charge in [-0.25, -0.2) is 4.98 Å². The van der Waals surface area contributed by atoms with E-state index in [0.29, 0.717) is 24.5 Å². The lowest BCUT2D eigenvalue weighted by Gasteiger charge is -2.14. The number of hydrogen-bond donors (Lipinski definition) is 4. The number of carbonyl (C=O) groups is 1. The summed E-state index contributed by atoms with van der Waals surface area (Å²) in [7, 11) is 0. The highest BCUT2D eigenvalue weighted by atomic mass is 35.5. The Labute approximate surface area is 117 Å². The van der Waals surface area contributed by atoms with E-state index in [4.69, 9.17) is 23.1 Å². The predicted octanol–water partition coefficient (Wildman–Crippen LogP) is -0.222. The molecular formula is C12H19ClN4O2. The standard InChI is InChI=1S/C12H19ClN4O2/c13-11-4-1-8(6-16-11)7-17-12(19)10(15)3-2-9(18)5-14/h1,4,6,9-10,18H,2-3,5,7,14-15H2,(H,17,19). The molecule has 6 N–H and O–H groups in total. The van der Waals surface area contributed by atoms with Crippen LogP contribution in [0.15, 0.2) is 18.3 Å². The summed E-state index contributed by atoms with van der Waals surface area (Å²) < 4.78 is 0. The van der Waals surface area contributed by atoms with Crippen molar-refractivity contribution in [3.63, 3.8) is 0 Å². The maximum absolute atomic E-state index is 11.7. The first kappa shape index (κ1) is 15.8. The molecule has 0 saturated heterocycles. The van der Waals surface area contributed by atoms with E-state index in [1.54, 1.807) is 18.3 Å². The van der Waals surface area contributed by atoms with Crippen molar-refractivity contribution in [2.75, 3.05) is 6.54 Å². The van der Waals surface area contributed by atoms with E-state index >= 15 is 0 Å². The van der Waals surface area contributed by atoms with Gasteiger partial charge < -0.3 is 21.9 Å². The fraction of sp³-hybridized carbons (Fsp3) is 0.500. The molecule has 0 aromatic carbocycles. The maximum atomic E-state index is 11.7. The third kappa shape index (κ3) is 5.98. The molecule has 0 saturated carbocycles. The first-order valence-electron chi connectivity index (χ1n) is 6.04. The monoisotopic (exact) mass is 286 g/mol. The van der Waals surface area contributed by atoms with Crippen LogP contribution in [0.4, 0.5) is 0 Å². The van der Waals surface area contributed by atoms with Gasteiger partial charge in [0.25, 0.3) is 0 Å². The van der Waals surface area contributed by atoms with Gasteiger partial charge in [0, 0.05) is 19.3 Å². The molecule has 106 valence electrons. The number of halogens is 1. The average molecular weight is 287 g/mol. The van der Waals surface area contributed by atoms with Gasteiger partial charge in [-0.1, -0.05) is 17.7 Å². The van der Waals surface area contributed by atoms with Crippen LogP contribution in [-0.2, 0) is 11.3 Å². The molecule has 0 fully saturated rings. The molecule has 0 aliphatic heterocycles. The number of nitrogens with two attached hydrogens (primary N) is 2. The summed E-state index contributed by atoms with van der Waals surface area (Å²) in [6, 6.07) is 2.78. The molecular weight excluding hydrogens is 268 g/mol. The van der Waals surface area contributed by atoms with E-state index < -0.39 is 12.1 Å². The minimum Gasteiger partial charge on any atom is -0.392 e. The molecule has 7 heteroatoms. The molecule has 1 aromatic rings. The van der Waals surface area contributed by atoms with Gasteiger partial charge in [-0.15, -0.1) is 0 Å². The lowest BCUT2D eigenvalue weighted by atomic mass is 10.1. The summed E-state index contributed by atoms with van der Waals surface area (Å²) in [4.78, 5) is 15.6. The van der Waals surface area contributed by atoms with Crippen molar-refractivity contribution in [3.8, 4) is 0 Å². The largest absolute Gasteiger partial charge is 0.392 e. The Morgan fingerprint density at radius 3 is 2.79 bits per heavy atom. The van der Waals surface area contributed by atoms with Crippen molar-refractivity contribution in [1.29, 1.82) is 0 Å². The average Bonchev–Trinajstić information content (AvgIpc) is 2.43. The lowest BCUT2D eigenvalue weighted by molar-refractivity contribution is -0.122. The molecule has 2 unspecified atom stereocenters. The summed E-state index contributed by atoms with van der Waals surface area (Å²) in [5, 5.41) is 12.4. The zero-order valence-corrected chi connectivity index (χ0v) is 11.3. The number of nitrogens with one attached hydrogen (secondary N) is 1. The predicted molar refractivity (Wildman–Crippen MR) is 73.4 cm³/mol. The van der Waals surface area contributed by atoms with Crippen molar-refractivity contribution in [3.05, 3.63) is 29.0 Å². The van der Waals surface area contributed by atoms with Crippen molar-refractivity contribution in [1.82, 2.24) is 10.3 Å². The van der Waals surface area contributed by atoms with Crippen molar-refractivity contribution >= 4 is 17.5 Å². The molecule has 0 radical (unpaired) electrons. The number of nitrogens with zero attached hydrogens (tertiary/aromatic N) is 1. The fourth-order valence-electron chi connectivity index (χ4n) is 1.45. The molecule has 1 aromatic heterocycles. The highest BCUT2D eigenvalue weighted by molar-refractivity contribution is 6.29. The number of amides is 1. The van der Waals surface area contributed by atoms with Gasteiger partial charge in [0.1, 0.15) is 5.15 Å². The van der Waals surface area contributed by atoms with Gasteiger partial charge in [0.05, 0.1) is 12.1 Å². The number of aromatic nitrogens is 1. The third-order valence-corrected chi connectivity index (χ3v) is 2.90. The van der Waals surface area contributed by atoms with Crippen molar-refractivity contribution in [2.45, 2.75) is 31.5 Å². The Hall–Kier alpha value is -1.21. The summed E-state index contributed by atoms with van der Waals surface area (Å²) in [5.41, 5.74) is 11.8. The number of carbonyl (C=O) groups excluding carboxylic acids is 1. The maximum Gasteiger partial charge on any atom is 0.237 e. The van der Waals surface area contributed by atoms with Crippen LogP contribution in [0.3, 0.4) is 0 Å². The molecule has 2 atom stereocenters. The van der Waals surface area contributed by atoms with Crippen LogP contribution in [0.25, 0.3) is 0 Å². The zero-order chi connectivity index (χ0) is 14.3. The summed E-state index contributed by atoms with van der Waals surface area (Å²) in [6.07, 6.45) is 1.78. The Balaban J connectivity index is 2.32. The van der Waals surface area contributed by atoms with E-state index in [2.05, 4.69) is 10.3 Å². The minimum absolute atomic E-state index is 0.171. The van der Waals surface area contributed by atoms with Gasteiger partial charge in [-0.3, -0.25) is 4.79 Å². The van der Waals surface area contributed by atoms with Crippen LogP contribution in [0.2, 0.25) is 5.15 Å². The molecule has 0 aliphatic rings. The minimum atomic E-state index is -0.651. The van der Waals surface area contributed by atoms with Crippen LogP contribution < -0.4 is 16.8 Å². The highest BCUT2D eigenvalue weighted by Crippen LogP contribution is 2.05. The number of pyridine rings is 1. The van der Waals surface area contributed by atoms with E-state index in [0.717, 1.165) is 5.56 Å². The molecule has 1 rings (SSSR count). The van der Waals surface area contributed by atoms with E-state index in [9.17, 15) is 9.90 Å². The zero-order valence-electron chi connectivity index (χ0n) is 10.6. The number of rotatable bonds is 7. The number of aliphatic hydroxyl groups is 1. The summed E-state index contributed by atoms with van der Waals surface area (Å²) >= 11 is 5.66. The molecule has 6 nitrogen and oxygen atoms in total. The second-order valence-electron chi connectivity index (χ2n) is 4.28. The molecule has 1 amide bonds. The second kappa shape index (κ2) is 8.06. The van der Waals surface area contributed by atoms with E-state index in [1.165, 1.54) is 0 Å². The normalized spacial score (nSPS) is 13.9. The Morgan fingerprint density at radius 2 is 2.21 bits per heavy atom. The summed E-state index contributed by atoms with van der Waals surface area (Å²) in [5.74, 6) is -0.265. The SMILES string of the molecule is NCC(O)CCC(N)C(=O)NCc1ccc(Cl)nc1. The van der Waals surface area contributed by atoms with E-state index in [1.807, 2.05) is 0 Å². The first-order chi connectivity index (χ1) is 9.02. The Kier molecular flexibility index (Phi) is 6.72. The van der Waals surface area contributed by atoms with Gasteiger partial charge >= 0.3 is 0 Å². The molecule has 0 bridgehead atoms.